The van der Waals surface area contributed by atoms with E-state index >= 15 is 0 Å². The van der Waals surface area contributed by atoms with Crippen LogP contribution in [0.5, 0.6) is 5.75 Å². The lowest BCUT2D eigenvalue weighted by Gasteiger charge is -2.11. The molecule has 0 bridgehead atoms. The number of benzene rings is 2. The van der Waals surface area contributed by atoms with E-state index in [0.717, 1.165) is 36.3 Å². The van der Waals surface area contributed by atoms with Gasteiger partial charge in [-0.25, -0.2) is 0 Å². The quantitative estimate of drug-likeness (QED) is 0.719. The molecular weight excluding hydrogens is 246 g/mol. The lowest BCUT2D eigenvalue weighted by atomic mass is 9.93. The Labute approximate surface area is 120 Å². The summed E-state index contributed by atoms with van der Waals surface area (Å²) in [7, 11) is 0. The number of hydrogen-bond acceptors (Lipinski definition) is 2. The summed E-state index contributed by atoms with van der Waals surface area (Å²) in [6.45, 7) is 2.89. The fourth-order valence-corrected chi connectivity index (χ4v) is 2.08. The second-order valence-corrected chi connectivity index (χ2v) is 4.74. The molecule has 0 aromatic heterocycles. The molecule has 0 saturated heterocycles. The first-order chi connectivity index (χ1) is 9.85. The van der Waals surface area contributed by atoms with Crippen LogP contribution in [0.2, 0.25) is 0 Å². The Morgan fingerprint density at radius 2 is 1.65 bits per heavy atom. The smallest absolute Gasteiger partial charge is 0.119 e. The van der Waals surface area contributed by atoms with Crippen LogP contribution in [-0.2, 0) is 0 Å². The Morgan fingerprint density at radius 1 is 1.00 bits per heavy atom. The monoisotopic (exact) mass is 265 g/mol. The average molecular weight is 265 g/mol. The molecule has 0 radical (unpaired) electrons. The molecule has 20 heavy (non-hydrogen) atoms. The van der Waals surface area contributed by atoms with Gasteiger partial charge in [-0.1, -0.05) is 55.8 Å². The second-order valence-electron chi connectivity index (χ2n) is 4.74. The van der Waals surface area contributed by atoms with Crippen LogP contribution in [0.3, 0.4) is 0 Å². The van der Waals surface area contributed by atoms with E-state index in [1.807, 2.05) is 54.6 Å². The molecule has 102 valence electrons. The molecule has 2 aromatic rings. The highest BCUT2D eigenvalue weighted by Crippen LogP contribution is 2.25. The summed E-state index contributed by atoms with van der Waals surface area (Å²) in [5.74, 6) is 0.646. The van der Waals surface area contributed by atoms with Crippen LogP contribution in [0.15, 0.2) is 54.6 Å². The van der Waals surface area contributed by atoms with Crippen molar-refractivity contribution < 1.29 is 4.74 Å². The predicted octanol–water partition coefficient (Wildman–Crippen LogP) is 4.52. The molecule has 2 aromatic carbocycles. The van der Waals surface area contributed by atoms with E-state index in [1.54, 1.807) is 0 Å². The van der Waals surface area contributed by atoms with Gasteiger partial charge in [0.15, 0.2) is 0 Å². The third-order valence-electron chi connectivity index (χ3n) is 3.24. The molecule has 0 aliphatic heterocycles. The topological polar surface area (TPSA) is 33.0 Å². The largest absolute Gasteiger partial charge is 0.494 e. The van der Waals surface area contributed by atoms with Gasteiger partial charge in [0.05, 0.1) is 18.6 Å². The minimum absolute atomic E-state index is 0.221. The van der Waals surface area contributed by atoms with Crippen molar-refractivity contribution in [1.29, 1.82) is 5.26 Å². The number of hydrogen-bond donors (Lipinski definition) is 0. The first kappa shape index (κ1) is 14.1. The van der Waals surface area contributed by atoms with E-state index in [0.29, 0.717) is 0 Å². The third kappa shape index (κ3) is 3.61. The lowest BCUT2D eigenvalue weighted by molar-refractivity contribution is 0.309. The minimum Gasteiger partial charge on any atom is -0.494 e. The fourth-order valence-electron chi connectivity index (χ4n) is 2.08. The van der Waals surface area contributed by atoms with Gasteiger partial charge in [0.2, 0.25) is 0 Å². The van der Waals surface area contributed by atoms with E-state index < -0.39 is 0 Å². The average Bonchev–Trinajstić information content (AvgIpc) is 2.51. The first-order valence-corrected chi connectivity index (χ1v) is 7.02. The van der Waals surface area contributed by atoms with Crippen molar-refractivity contribution in [2.24, 2.45) is 0 Å². The molecule has 0 heterocycles. The Morgan fingerprint density at radius 3 is 2.25 bits per heavy atom. The van der Waals surface area contributed by atoms with Gasteiger partial charge in [-0.3, -0.25) is 0 Å². The second kappa shape index (κ2) is 7.35. The van der Waals surface area contributed by atoms with Crippen LogP contribution in [-0.4, -0.2) is 6.61 Å². The summed E-state index contributed by atoms with van der Waals surface area (Å²) in [6, 6.07) is 20.1. The number of unbranched alkanes of at least 4 members (excludes halogenated alkanes) is 1. The Balaban J connectivity index is 2.10. The van der Waals surface area contributed by atoms with Crippen LogP contribution in [0.4, 0.5) is 0 Å². The van der Waals surface area contributed by atoms with Crippen molar-refractivity contribution in [3.63, 3.8) is 0 Å². The number of nitriles is 1. The zero-order chi connectivity index (χ0) is 14.2. The Hall–Kier alpha value is -2.27. The van der Waals surface area contributed by atoms with Crippen molar-refractivity contribution >= 4 is 0 Å². The normalized spacial score (nSPS) is 11.6. The molecule has 0 aliphatic carbocycles. The Kier molecular flexibility index (Phi) is 5.20. The van der Waals surface area contributed by atoms with Gasteiger partial charge in [-0.15, -0.1) is 0 Å². The molecule has 0 aliphatic rings. The third-order valence-corrected chi connectivity index (χ3v) is 3.24. The summed E-state index contributed by atoms with van der Waals surface area (Å²) in [6.07, 6.45) is 2.19. The maximum atomic E-state index is 9.39. The van der Waals surface area contributed by atoms with Crippen LogP contribution in [0, 0.1) is 11.3 Å². The molecule has 2 heteroatoms. The van der Waals surface area contributed by atoms with E-state index in [1.165, 1.54) is 0 Å². The molecule has 1 atom stereocenters. The first-order valence-electron chi connectivity index (χ1n) is 7.02. The highest BCUT2D eigenvalue weighted by molar-refractivity contribution is 5.40. The maximum Gasteiger partial charge on any atom is 0.119 e. The zero-order valence-electron chi connectivity index (χ0n) is 11.8. The van der Waals surface area contributed by atoms with Gasteiger partial charge in [0.1, 0.15) is 5.75 Å². The van der Waals surface area contributed by atoms with Crippen molar-refractivity contribution in [2.75, 3.05) is 6.61 Å². The van der Waals surface area contributed by atoms with Crippen LogP contribution < -0.4 is 4.74 Å². The van der Waals surface area contributed by atoms with Gasteiger partial charge in [-0.2, -0.15) is 5.26 Å². The van der Waals surface area contributed by atoms with Gasteiger partial charge in [0.25, 0.3) is 0 Å². The van der Waals surface area contributed by atoms with Crippen molar-refractivity contribution in [2.45, 2.75) is 25.7 Å². The van der Waals surface area contributed by atoms with E-state index in [2.05, 4.69) is 13.0 Å². The predicted molar refractivity (Wildman–Crippen MR) is 80.7 cm³/mol. The highest BCUT2D eigenvalue weighted by Gasteiger charge is 2.12. The zero-order valence-corrected chi connectivity index (χ0v) is 11.8. The number of ether oxygens (including phenoxy) is 1. The van der Waals surface area contributed by atoms with Crippen molar-refractivity contribution in [3.8, 4) is 11.8 Å². The SMILES string of the molecule is CCCCOc1ccc([C@@H](C#N)c2ccccc2)cc1. The summed E-state index contributed by atoms with van der Waals surface area (Å²) >= 11 is 0. The lowest BCUT2D eigenvalue weighted by Crippen LogP contribution is -1.99. The number of nitrogens with zero attached hydrogens (tertiary/aromatic N) is 1. The Bertz CT molecular complexity index is 554. The molecule has 0 N–H and O–H groups in total. The standard InChI is InChI=1S/C18H19NO/c1-2-3-13-20-17-11-9-16(10-12-17)18(14-19)15-7-5-4-6-8-15/h4-12,18H,2-3,13H2,1H3/t18-/m0/s1. The van der Waals surface area contributed by atoms with Crippen LogP contribution in [0.1, 0.15) is 36.8 Å². The molecule has 0 amide bonds. The summed E-state index contributed by atoms with van der Waals surface area (Å²) in [5.41, 5.74) is 2.02. The van der Waals surface area contributed by atoms with Gasteiger partial charge in [-0.05, 0) is 29.7 Å². The van der Waals surface area contributed by atoms with Crippen LogP contribution in [0.25, 0.3) is 0 Å². The van der Waals surface area contributed by atoms with Gasteiger partial charge >= 0.3 is 0 Å². The van der Waals surface area contributed by atoms with Gasteiger partial charge in [0, 0.05) is 0 Å². The summed E-state index contributed by atoms with van der Waals surface area (Å²) in [4.78, 5) is 0. The van der Waals surface area contributed by atoms with E-state index in [4.69, 9.17) is 4.74 Å². The minimum atomic E-state index is -0.221. The van der Waals surface area contributed by atoms with Crippen molar-refractivity contribution in [1.82, 2.24) is 0 Å². The highest BCUT2D eigenvalue weighted by atomic mass is 16.5. The number of rotatable bonds is 6. The van der Waals surface area contributed by atoms with Gasteiger partial charge < -0.3 is 4.74 Å². The maximum absolute atomic E-state index is 9.39. The molecule has 0 unspecified atom stereocenters. The molecule has 2 nitrogen and oxygen atoms in total. The van der Waals surface area contributed by atoms with E-state index in [-0.39, 0.29) is 5.92 Å². The summed E-state index contributed by atoms with van der Waals surface area (Å²) < 4.78 is 5.64. The van der Waals surface area contributed by atoms with Crippen LogP contribution >= 0.6 is 0 Å². The fraction of sp³-hybridized carbons (Fsp3) is 0.278. The molecule has 0 spiro atoms. The van der Waals surface area contributed by atoms with Crippen molar-refractivity contribution in [3.05, 3.63) is 65.7 Å². The molecule has 2 rings (SSSR count). The molecule has 0 fully saturated rings. The molecular formula is C18H19NO. The van der Waals surface area contributed by atoms with E-state index in [9.17, 15) is 5.26 Å². The molecule has 0 saturated carbocycles. The summed E-state index contributed by atoms with van der Waals surface area (Å²) in [5, 5.41) is 9.39.